The van der Waals surface area contributed by atoms with Crippen molar-refractivity contribution in [2.75, 3.05) is 0 Å². The molecule has 1 N–H and O–H groups in total. The van der Waals surface area contributed by atoms with E-state index in [1.807, 2.05) is 54.6 Å². The first-order chi connectivity index (χ1) is 17.0. The van der Waals surface area contributed by atoms with Gasteiger partial charge >= 0.3 is 5.97 Å². The SMILES string of the molecule is O=C(/C=C/c1ccccc1)Oc1ccc(/C=N\NC(=O)c2ccn(Cc3ccc(Cl)cc3)n2)cc1. The molecule has 1 amide bonds. The van der Waals surface area contributed by atoms with Gasteiger partial charge in [-0.15, -0.1) is 0 Å². The predicted molar refractivity (Wildman–Crippen MR) is 135 cm³/mol. The van der Waals surface area contributed by atoms with Crippen LogP contribution >= 0.6 is 11.6 Å². The second kappa shape index (κ2) is 11.6. The maximum Gasteiger partial charge on any atom is 0.336 e. The zero-order valence-corrected chi connectivity index (χ0v) is 19.3. The number of benzene rings is 3. The van der Waals surface area contributed by atoms with Crippen LogP contribution in [0.25, 0.3) is 6.08 Å². The summed E-state index contributed by atoms with van der Waals surface area (Å²) in [5, 5.41) is 8.90. The molecule has 0 spiro atoms. The number of ether oxygens (including phenoxy) is 1. The van der Waals surface area contributed by atoms with E-state index >= 15 is 0 Å². The summed E-state index contributed by atoms with van der Waals surface area (Å²) in [5.74, 6) is -0.495. The van der Waals surface area contributed by atoms with E-state index in [0.717, 1.165) is 16.7 Å². The van der Waals surface area contributed by atoms with Gasteiger partial charge < -0.3 is 4.74 Å². The maximum absolute atomic E-state index is 12.3. The lowest BCUT2D eigenvalue weighted by atomic mass is 10.2. The van der Waals surface area contributed by atoms with Gasteiger partial charge in [0.05, 0.1) is 12.8 Å². The van der Waals surface area contributed by atoms with E-state index in [4.69, 9.17) is 16.3 Å². The predicted octanol–water partition coefficient (Wildman–Crippen LogP) is 4.97. The summed E-state index contributed by atoms with van der Waals surface area (Å²) in [6.07, 6.45) is 6.27. The van der Waals surface area contributed by atoms with Crippen LogP contribution in [0.4, 0.5) is 0 Å². The van der Waals surface area contributed by atoms with Gasteiger partial charge in [-0.1, -0.05) is 54.1 Å². The molecule has 1 aromatic heterocycles. The number of nitrogens with zero attached hydrogens (tertiary/aromatic N) is 3. The van der Waals surface area contributed by atoms with E-state index in [2.05, 4.69) is 15.6 Å². The van der Waals surface area contributed by atoms with Crippen LogP contribution in [0.3, 0.4) is 0 Å². The second-order valence-corrected chi connectivity index (χ2v) is 7.89. The molecule has 0 saturated heterocycles. The van der Waals surface area contributed by atoms with Gasteiger partial charge in [0.1, 0.15) is 5.75 Å². The van der Waals surface area contributed by atoms with Crippen LogP contribution in [0.1, 0.15) is 27.2 Å². The number of halogens is 1. The van der Waals surface area contributed by atoms with E-state index < -0.39 is 11.9 Å². The lowest BCUT2D eigenvalue weighted by Gasteiger charge is -2.02. The zero-order valence-electron chi connectivity index (χ0n) is 18.5. The van der Waals surface area contributed by atoms with Crippen molar-refractivity contribution < 1.29 is 14.3 Å². The van der Waals surface area contributed by atoms with Crippen LogP contribution in [0.15, 0.2) is 102 Å². The summed E-state index contributed by atoms with van der Waals surface area (Å²) in [4.78, 5) is 24.3. The third-order valence-electron chi connectivity index (χ3n) is 4.82. The number of rotatable bonds is 8. The standard InChI is InChI=1S/C27H21ClN4O3/c28-23-11-6-22(7-12-23)19-32-17-16-25(31-32)27(34)30-29-18-21-8-13-24(14-9-21)35-26(33)15-10-20-4-2-1-3-5-20/h1-18H,19H2,(H,30,34)/b15-10+,29-18-. The van der Waals surface area contributed by atoms with Crippen LogP contribution in [-0.2, 0) is 11.3 Å². The zero-order chi connectivity index (χ0) is 24.5. The molecule has 0 unspecified atom stereocenters. The Bertz CT molecular complexity index is 1350. The first kappa shape index (κ1) is 23.7. The van der Waals surface area contributed by atoms with Gasteiger partial charge in [0.2, 0.25) is 0 Å². The number of hydrazone groups is 1. The molecule has 0 aliphatic heterocycles. The summed E-state index contributed by atoms with van der Waals surface area (Å²) < 4.78 is 6.95. The Morgan fingerprint density at radius 1 is 0.943 bits per heavy atom. The van der Waals surface area contributed by atoms with E-state index in [0.29, 0.717) is 17.3 Å². The summed E-state index contributed by atoms with van der Waals surface area (Å²) in [6, 6.07) is 25.3. The van der Waals surface area contributed by atoms with E-state index in [1.165, 1.54) is 12.3 Å². The van der Waals surface area contributed by atoms with E-state index in [-0.39, 0.29) is 5.69 Å². The third kappa shape index (κ3) is 7.25. The molecule has 174 valence electrons. The van der Waals surface area contributed by atoms with Crippen molar-refractivity contribution in [3.05, 3.63) is 125 Å². The van der Waals surface area contributed by atoms with Crippen molar-refractivity contribution in [3.63, 3.8) is 0 Å². The van der Waals surface area contributed by atoms with Gasteiger partial charge in [-0.25, -0.2) is 10.2 Å². The Balaban J connectivity index is 1.26. The van der Waals surface area contributed by atoms with Gasteiger partial charge in [-0.3, -0.25) is 9.48 Å². The number of amides is 1. The topological polar surface area (TPSA) is 85.6 Å². The summed E-state index contributed by atoms with van der Waals surface area (Å²) in [5.41, 5.74) is 5.35. The first-order valence-corrected chi connectivity index (χ1v) is 11.1. The maximum atomic E-state index is 12.3. The average molecular weight is 485 g/mol. The highest BCUT2D eigenvalue weighted by molar-refractivity contribution is 6.30. The van der Waals surface area contributed by atoms with Crippen molar-refractivity contribution in [3.8, 4) is 5.75 Å². The summed E-state index contributed by atoms with van der Waals surface area (Å²) in [6.45, 7) is 0.521. The average Bonchev–Trinajstić information content (AvgIpc) is 3.34. The van der Waals surface area contributed by atoms with Gasteiger partial charge in [-0.2, -0.15) is 10.2 Å². The molecule has 0 aliphatic rings. The first-order valence-electron chi connectivity index (χ1n) is 10.7. The van der Waals surface area contributed by atoms with Crippen molar-refractivity contribution in [1.82, 2.24) is 15.2 Å². The molecule has 0 saturated carbocycles. The number of carbonyl (C=O) groups is 2. The fourth-order valence-electron chi connectivity index (χ4n) is 3.07. The molecule has 0 radical (unpaired) electrons. The van der Waals surface area contributed by atoms with Gasteiger partial charge in [0, 0.05) is 17.3 Å². The lowest BCUT2D eigenvalue weighted by Crippen LogP contribution is -2.18. The molecule has 4 rings (SSSR count). The van der Waals surface area contributed by atoms with Crippen molar-refractivity contribution >= 4 is 35.8 Å². The van der Waals surface area contributed by atoms with Crippen LogP contribution in [0.2, 0.25) is 5.02 Å². The number of nitrogens with one attached hydrogen (secondary N) is 1. The van der Waals surface area contributed by atoms with E-state index in [1.54, 1.807) is 47.3 Å². The minimum atomic E-state index is -0.474. The van der Waals surface area contributed by atoms with Gasteiger partial charge in [0.15, 0.2) is 5.69 Å². The number of aromatic nitrogens is 2. The van der Waals surface area contributed by atoms with Crippen molar-refractivity contribution in [2.24, 2.45) is 5.10 Å². The molecule has 3 aromatic carbocycles. The normalized spacial score (nSPS) is 11.1. The number of esters is 1. The third-order valence-corrected chi connectivity index (χ3v) is 5.07. The highest BCUT2D eigenvalue weighted by atomic mass is 35.5. The molecule has 0 atom stereocenters. The molecular formula is C27H21ClN4O3. The molecule has 7 nitrogen and oxygen atoms in total. The van der Waals surface area contributed by atoms with Gasteiger partial charge in [0.25, 0.3) is 5.91 Å². The fourth-order valence-corrected chi connectivity index (χ4v) is 3.20. The fraction of sp³-hybridized carbons (Fsp3) is 0.0370. The highest BCUT2D eigenvalue weighted by Crippen LogP contribution is 2.13. The molecule has 8 heteroatoms. The monoisotopic (exact) mass is 484 g/mol. The van der Waals surface area contributed by atoms with Gasteiger partial charge in [-0.05, 0) is 65.2 Å². The molecular weight excluding hydrogens is 464 g/mol. The summed E-state index contributed by atoms with van der Waals surface area (Å²) in [7, 11) is 0. The van der Waals surface area contributed by atoms with Crippen molar-refractivity contribution in [2.45, 2.75) is 6.54 Å². The Morgan fingerprint density at radius 2 is 1.69 bits per heavy atom. The second-order valence-electron chi connectivity index (χ2n) is 7.46. The Labute approximate surface area is 207 Å². The molecule has 4 aromatic rings. The highest BCUT2D eigenvalue weighted by Gasteiger charge is 2.09. The van der Waals surface area contributed by atoms with Crippen LogP contribution in [-0.4, -0.2) is 27.9 Å². The van der Waals surface area contributed by atoms with E-state index in [9.17, 15) is 9.59 Å². The lowest BCUT2D eigenvalue weighted by molar-refractivity contribution is -0.128. The van der Waals surface area contributed by atoms with Crippen LogP contribution in [0, 0.1) is 0 Å². The number of hydrogen-bond donors (Lipinski definition) is 1. The quantitative estimate of drug-likeness (QED) is 0.126. The molecule has 0 bridgehead atoms. The number of hydrogen-bond acceptors (Lipinski definition) is 5. The van der Waals surface area contributed by atoms with Crippen molar-refractivity contribution in [1.29, 1.82) is 0 Å². The minimum Gasteiger partial charge on any atom is -0.423 e. The Kier molecular flexibility index (Phi) is 7.83. The molecule has 0 fully saturated rings. The molecule has 1 heterocycles. The minimum absolute atomic E-state index is 0.252. The van der Waals surface area contributed by atoms with Crippen LogP contribution in [0.5, 0.6) is 5.75 Å². The largest absolute Gasteiger partial charge is 0.423 e. The Hall–Kier alpha value is -4.49. The number of carbonyl (C=O) groups excluding carboxylic acids is 2. The molecule has 0 aliphatic carbocycles. The Morgan fingerprint density at radius 3 is 2.43 bits per heavy atom. The van der Waals surface area contributed by atoms with Crippen LogP contribution < -0.4 is 10.2 Å². The smallest absolute Gasteiger partial charge is 0.336 e. The summed E-state index contributed by atoms with van der Waals surface area (Å²) >= 11 is 5.90. The molecule has 35 heavy (non-hydrogen) atoms.